The Balaban J connectivity index is 2.16. The molecule has 0 bridgehead atoms. The van der Waals surface area contributed by atoms with Crippen LogP contribution in [0, 0.1) is 12.7 Å². The molecule has 0 unspecified atom stereocenters. The van der Waals surface area contributed by atoms with Crippen LogP contribution in [-0.4, -0.2) is 0 Å². The Morgan fingerprint density at radius 1 is 1.26 bits per heavy atom. The Morgan fingerprint density at radius 2 is 2.05 bits per heavy atom. The predicted octanol–water partition coefficient (Wildman–Crippen LogP) is 3.83. The molecule has 100 valence electrons. The fourth-order valence-electron chi connectivity index (χ4n) is 1.87. The number of hydrogen-bond acceptors (Lipinski definition) is 2. The van der Waals surface area contributed by atoms with E-state index in [1.165, 1.54) is 6.07 Å². The van der Waals surface area contributed by atoms with E-state index < -0.39 is 5.82 Å². The zero-order chi connectivity index (χ0) is 13.8. The summed E-state index contributed by atoms with van der Waals surface area (Å²) in [5.74, 6) is 0.356. The van der Waals surface area contributed by atoms with Gasteiger partial charge in [-0.2, -0.15) is 0 Å². The second kappa shape index (κ2) is 6.04. The first-order valence-corrected chi connectivity index (χ1v) is 6.35. The molecule has 0 radical (unpaired) electrons. The third-order valence-corrected chi connectivity index (χ3v) is 3.17. The molecule has 2 N–H and O–H groups in total. The number of para-hydroxylation sites is 1. The molecule has 0 saturated carbocycles. The van der Waals surface area contributed by atoms with Gasteiger partial charge in [0.1, 0.15) is 18.2 Å². The number of ether oxygens (including phenoxy) is 1. The first kappa shape index (κ1) is 13.8. The summed E-state index contributed by atoms with van der Waals surface area (Å²) in [6.45, 7) is 2.71. The van der Waals surface area contributed by atoms with Crippen molar-refractivity contribution in [2.24, 2.45) is 5.73 Å². The lowest BCUT2D eigenvalue weighted by Crippen LogP contribution is -2.04. The summed E-state index contributed by atoms with van der Waals surface area (Å²) >= 11 is 5.73. The molecule has 0 amide bonds. The molecule has 0 fully saturated rings. The van der Waals surface area contributed by atoms with Gasteiger partial charge < -0.3 is 10.5 Å². The minimum Gasteiger partial charge on any atom is -0.488 e. The van der Waals surface area contributed by atoms with E-state index in [-0.39, 0.29) is 5.02 Å². The molecule has 0 atom stereocenters. The molecular formula is C15H15ClFNO. The van der Waals surface area contributed by atoms with Gasteiger partial charge in [0.05, 0.1) is 5.02 Å². The van der Waals surface area contributed by atoms with Crippen molar-refractivity contribution in [1.29, 1.82) is 0 Å². The number of nitrogens with two attached hydrogens (primary N) is 1. The van der Waals surface area contributed by atoms with Crippen LogP contribution in [0.5, 0.6) is 5.75 Å². The first-order chi connectivity index (χ1) is 9.11. The Labute approximate surface area is 117 Å². The van der Waals surface area contributed by atoms with Gasteiger partial charge in [-0.05, 0) is 30.2 Å². The molecule has 0 aromatic heterocycles. The van der Waals surface area contributed by atoms with Crippen molar-refractivity contribution in [1.82, 2.24) is 0 Å². The van der Waals surface area contributed by atoms with E-state index in [2.05, 4.69) is 0 Å². The van der Waals surface area contributed by atoms with Crippen molar-refractivity contribution in [3.05, 3.63) is 63.9 Å². The minimum atomic E-state index is -0.427. The molecule has 0 aliphatic carbocycles. The standard InChI is InChI=1S/C15H15ClFNO/c1-10-3-2-4-12(8-18)15(10)19-9-11-5-6-14(17)13(16)7-11/h2-7H,8-9,18H2,1H3. The maximum absolute atomic E-state index is 13.1. The first-order valence-electron chi connectivity index (χ1n) is 5.97. The summed E-state index contributed by atoms with van der Waals surface area (Å²) in [4.78, 5) is 0. The maximum Gasteiger partial charge on any atom is 0.141 e. The maximum atomic E-state index is 13.1. The molecule has 0 aliphatic rings. The van der Waals surface area contributed by atoms with Gasteiger partial charge in [-0.1, -0.05) is 35.9 Å². The SMILES string of the molecule is Cc1cccc(CN)c1OCc1ccc(F)c(Cl)c1. The molecular weight excluding hydrogens is 265 g/mol. The lowest BCUT2D eigenvalue weighted by molar-refractivity contribution is 0.300. The van der Waals surface area contributed by atoms with E-state index in [1.807, 2.05) is 25.1 Å². The number of aryl methyl sites for hydroxylation is 1. The van der Waals surface area contributed by atoms with Crippen molar-refractivity contribution in [2.75, 3.05) is 0 Å². The van der Waals surface area contributed by atoms with Crippen LogP contribution in [0.4, 0.5) is 4.39 Å². The smallest absolute Gasteiger partial charge is 0.141 e. The number of rotatable bonds is 4. The Kier molecular flexibility index (Phi) is 4.40. The largest absolute Gasteiger partial charge is 0.488 e. The monoisotopic (exact) mass is 279 g/mol. The highest BCUT2D eigenvalue weighted by molar-refractivity contribution is 6.30. The van der Waals surface area contributed by atoms with Gasteiger partial charge in [0.2, 0.25) is 0 Å². The van der Waals surface area contributed by atoms with Crippen molar-refractivity contribution in [3.63, 3.8) is 0 Å². The van der Waals surface area contributed by atoms with E-state index in [9.17, 15) is 4.39 Å². The number of halogens is 2. The zero-order valence-corrected chi connectivity index (χ0v) is 11.4. The fourth-order valence-corrected chi connectivity index (χ4v) is 2.07. The molecule has 2 nitrogen and oxygen atoms in total. The van der Waals surface area contributed by atoms with Gasteiger partial charge >= 0.3 is 0 Å². The van der Waals surface area contributed by atoms with Gasteiger partial charge in [0, 0.05) is 12.1 Å². The van der Waals surface area contributed by atoms with E-state index in [1.54, 1.807) is 12.1 Å². The Morgan fingerprint density at radius 3 is 2.74 bits per heavy atom. The highest BCUT2D eigenvalue weighted by Gasteiger charge is 2.07. The second-order valence-corrected chi connectivity index (χ2v) is 4.71. The van der Waals surface area contributed by atoms with Crippen LogP contribution in [0.15, 0.2) is 36.4 Å². The van der Waals surface area contributed by atoms with E-state index >= 15 is 0 Å². The van der Waals surface area contributed by atoms with Gasteiger partial charge in [-0.15, -0.1) is 0 Å². The van der Waals surface area contributed by atoms with Crippen LogP contribution in [0.1, 0.15) is 16.7 Å². The molecule has 2 aromatic rings. The van der Waals surface area contributed by atoms with Crippen molar-refractivity contribution < 1.29 is 9.13 Å². The van der Waals surface area contributed by atoms with Crippen LogP contribution in [0.3, 0.4) is 0 Å². The van der Waals surface area contributed by atoms with Gasteiger partial charge in [0.15, 0.2) is 0 Å². The van der Waals surface area contributed by atoms with Crippen LogP contribution in [-0.2, 0) is 13.2 Å². The normalized spacial score (nSPS) is 10.5. The molecule has 0 saturated heterocycles. The second-order valence-electron chi connectivity index (χ2n) is 4.30. The molecule has 0 heterocycles. The van der Waals surface area contributed by atoms with E-state index in [4.69, 9.17) is 22.1 Å². The summed E-state index contributed by atoms with van der Waals surface area (Å²) in [6.07, 6.45) is 0. The van der Waals surface area contributed by atoms with Gasteiger partial charge in [0.25, 0.3) is 0 Å². The summed E-state index contributed by atoms with van der Waals surface area (Å²) in [7, 11) is 0. The third kappa shape index (κ3) is 3.25. The fraction of sp³-hybridized carbons (Fsp3) is 0.200. The number of benzene rings is 2. The number of hydrogen-bond donors (Lipinski definition) is 1. The summed E-state index contributed by atoms with van der Waals surface area (Å²) in [5.41, 5.74) is 8.48. The van der Waals surface area contributed by atoms with Gasteiger partial charge in [-0.3, -0.25) is 0 Å². The van der Waals surface area contributed by atoms with Crippen molar-refractivity contribution in [3.8, 4) is 5.75 Å². The molecule has 0 spiro atoms. The quantitative estimate of drug-likeness (QED) is 0.923. The predicted molar refractivity (Wildman–Crippen MR) is 74.8 cm³/mol. The van der Waals surface area contributed by atoms with Crippen molar-refractivity contribution in [2.45, 2.75) is 20.1 Å². The molecule has 2 rings (SSSR count). The average molecular weight is 280 g/mol. The highest BCUT2D eigenvalue weighted by atomic mass is 35.5. The van der Waals surface area contributed by atoms with Crippen molar-refractivity contribution >= 4 is 11.6 Å². The summed E-state index contributed by atoms with van der Waals surface area (Å²) in [5, 5.41) is 0.102. The Hall–Kier alpha value is -1.58. The van der Waals surface area contributed by atoms with Crippen LogP contribution < -0.4 is 10.5 Å². The molecule has 19 heavy (non-hydrogen) atoms. The third-order valence-electron chi connectivity index (χ3n) is 2.88. The van der Waals surface area contributed by atoms with Crippen LogP contribution >= 0.6 is 11.6 Å². The zero-order valence-electron chi connectivity index (χ0n) is 10.6. The van der Waals surface area contributed by atoms with E-state index in [0.717, 1.165) is 22.4 Å². The average Bonchev–Trinajstić information content (AvgIpc) is 2.41. The molecule has 2 aromatic carbocycles. The summed E-state index contributed by atoms with van der Waals surface area (Å²) in [6, 6.07) is 10.4. The van der Waals surface area contributed by atoms with E-state index in [0.29, 0.717) is 13.2 Å². The Bertz CT molecular complexity index is 586. The minimum absolute atomic E-state index is 0.102. The van der Waals surface area contributed by atoms with Crippen LogP contribution in [0.2, 0.25) is 5.02 Å². The van der Waals surface area contributed by atoms with Gasteiger partial charge in [-0.25, -0.2) is 4.39 Å². The molecule has 4 heteroatoms. The lowest BCUT2D eigenvalue weighted by atomic mass is 10.1. The highest BCUT2D eigenvalue weighted by Crippen LogP contribution is 2.24. The topological polar surface area (TPSA) is 35.2 Å². The van der Waals surface area contributed by atoms with Crippen LogP contribution in [0.25, 0.3) is 0 Å². The summed E-state index contributed by atoms with van der Waals surface area (Å²) < 4.78 is 18.8. The molecule has 0 aliphatic heterocycles. The lowest BCUT2D eigenvalue weighted by Gasteiger charge is -2.13.